The van der Waals surface area contributed by atoms with E-state index in [1.165, 1.54) is 50.8 Å². The average molecular weight is 763 g/mol. The Balaban J connectivity index is 0.00000139. The second kappa shape index (κ2) is 19.1. The topological polar surface area (TPSA) is 129 Å². The molecule has 2 heterocycles. The van der Waals surface area contributed by atoms with Gasteiger partial charge in [-0.3, -0.25) is 19.5 Å². The number of aryl methyl sites for hydroxylation is 2. The molecule has 52 heavy (non-hydrogen) atoms. The molecule has 5 rings (SSSR count). The van der Waals surface area contributed by atoms with Crippen molar-refractivity contribution in [2.75, 3.05) is 26.2 Å². The monoisotopic (exact) mass is 762 g/mol. The van der Waals surface area contributed by atoms with Gasteiger partial charge in [0.15, 0.2) is 0 Å². The van der Waals surface area contributed by atoms with Gasteiger partial charge in [-0.05, 0) is 91.5 Å². The summed E-state index contributed by atoms with van der Waals surface area (Å²) in [6, 6.07) is 8.55. The number of carbonyl (C=O) groups is 1. The molecule has 2 unspecified atom stereocenters. The van der Waals surface area contributed by atoms with Crippen LogP contribution in [0.15, 0.2) is 34.3 Å². The summed E-state index contributed by atoms with van der Waals surface area (Å²) in [6.45, 7) is 19.8. The van der Waals surface area contributed by atoms with E-state index >= 15 is 0 Å². The van der Waals surface area contributed by atoms with Gasteiger partial charge in [-0.25, -0.2) is 4.79 Å². The maximum absolute atomic E-state index is 11.4. The molecule has 2 aromatic rings. The Morgan fingerprint density at radius 2 is 1.42 bits per heavy atom. The fourth-order valence-electron chi connectivity index (χ4n) is 7.66. The zero-order valence-electron chi connectivity index (χ0n) is 32.5. The van der Waals surface area contributed by atoms with Gasteiger partial charge in [0.2, 0.25) is 5.84 Å². The minimum atomic E-state index is -1.83. The molecule has 3 aliphatic rings. The summed E-state index contributed by atoms with van der Waals surface area (Å²) in [5.41, 5.74) is 5.71. The SMILES string of the molecule is Cc1cc(C=NC2CCCCC2N=Cc2cc(C(C)(C)C)cc(C(C)(C)C)c2O)c(O)c(CCCN2CCC[N+]3=C2CCCCC3)c1.O=C(O)O.[Co]. The van der Waals surface area contributed by atoms with Crippen molar-refractivity contribution in [2.24, 2.45) is 9.98 Å². The molecule has 0 saturated heterocycles. The minimum Gasteiger partial charge on any atom is -0.507 e. The summed E-state index contributed by atoms with van der Waals surface area (Å²) in [6.07, 6.45) is 14.5. The number of aromatic hydroxyl groups is 2. The quantitative estimate of drug-likeness (QED) is 0.157. The number of benzene rings is 2. The summed E-state index contributed by atoms with van der Waals surface area (Å²) in [7, 11) is 0. The van der Waals surface area contributed by atoms with E-state index in [0.717, 1.165) is 79.4 Å². The molecule has 0 aromatic heterocycles. The van der Waals surface area contributed by atoms with Crippen molar-refractivity contribution >= 4 is 24.4 Å². The normalized spacial score (nSPS) is 19.9. The van der Waals surface area contributed by atoms with Crippen LogP contribution >= 0.6 is 0 Å². The molecule has 0 spiro atoms. The van der Waals surface area contributed by atoms with E-state index in [2.05, 4.69) is 82.2 Å². The molecule has 10 heteroatoms. The Morgan fingerprint density at radius 1 is 0.827 bits per heavy atom. The van der Waals surface area contributed by atoms with Crippen LogP contribution in [0, 0.1) is 6.92 Å². The van der Waals surface area contributed by atoms with Crippen molar-refractivity contribution in [1.82, 2.24) is 4.90 Å². The first-order valence-corrected chi connectivity index (χ1v) is 19.1. The van der Waals surface area contributed by atoms with Gasteiger partial charge < -0.3 is 20.4 Å². The number of aliphatic imine (C=N–C) groups is 2. The van der Waals surface area contributed by atoms with E-state index in [-0.39, 0.29) is 39.7 Å². The second-order valence-corrected chi connectivity index (χ2v) is 16.7. The van der Waals surface area contributed by atoms with E-state index in [0.29, 0.717) is 11.5 Å². The van der Waals surface area contributed by atoms with Crippen LogP contribution in [-0.4, -0.2) is 92.6 Å². The van der Waals surface area contributed by atoms with Crippen LogP contribution < -0.4 is 0 Å². The van der Waals surface area contributed by atoms with Crippen molar-refractivity contribution in [3.05, 3.63) is 57.6 Å². The van der Waals surface area contributed by atoms with Crippen LogP contribution in [-0.2, 0) is 34.0 Å². The Kier molecular flexibility index (Phi) is 15.8. The van der Waals surface area contributed by atoms with Crippen LogP contribution in [0.2, 0.25) is 0 Å². The first kappa shape index (κ1) is 43.0. The Labute approximate surface area is 322 Å². The third kappa shape index (κ3) is 12.1. The minimum absolute atomic E-state index is 0. The Hall–Kier alpha value is -3.37. The molecule has 1 aliphatic carbocycles. The molecule has 0 amide bonds. The average Bonchev–Trinajstić information content (AvgIpc) is 3.30. The van der Waals surface area contributed by atoms with Gasteiger partial charge >= 0.3 is 6.16 Å². The van der Waals surface area contributed by atoms with E-state index < -0.39 is 6.16 Å². The third-order valence-corrected chi connectivity index (χ3v) is 10.5. The van der Waals surface area contributed by atoms with Gasteiger partial charge in [-0.2, -0.15) is 0 Å². The Morgan fingerprint density at radius 3 is 2.02 bits per heavy atom. The van der Waals surface area contributed by atoms with Crippen molar-refractivity contribution in [2.45, 2.75) is 142 Å². The van der Waals surface area contributed by atoms with E-state index in [9.17, 15) is 10.2 Å². The number of hydrogen-bond acceptors (Lipinski definition) is 6. The van der Waals surface area contributed by atoms with Crippen molar-refractivity contribution in [3.63, 3.8) is 0 Å². The van der Waals surface area contributed by atoms with Crippen LogP contribution in [0.4, 0.5) is 4.79 Å². The molecule has 9 nitrogen and oxygen atoms in total. The number of amidine groups is 1. The zero-order chi connectivity index (χ0) is 37.3. The van der Waals surface area contributed by atoms with Crippen molar-refractivity contribution in [3.8, 4) is 11.5 Å². The van der Waals surface area contributed by atoms with Gasteiger partial charge in [0.25, 0.3) is 0 Å². The summed E-state index contributed by atoms with van der Waals surface area (Å²) in [5.74, 6) is 2.26. The fourth-order valence-corrected chi connectivity index (χ4v) is 7.66. The van der Waals surface area contributed by atoms with E-state index in [4.69, 9.17) is 25.0 Å². The number of nitrogens with zero attached hydrogens (tertiary/aromatic N) is 4. The predicted molar refractivity (Wildman–Crippen MR) is 208 cm³/mol. The van der Waals surface area contributed by atoms with Crippen LogP contribution in [0.25, 0.3) is 0 Å². The van der Waals surface area contributed by atoms with Crippen molar-refractivity contribution in [1.29, 1.82) is 0 Å². The molecule has 1 saturated carbocycles. The number of hydrogen-bond donors (Lipinski definition) is 4. The van der Waals surface area contributed by atoms with Crippen LogP contribution in [0.3, 0.4) is 0 Å². The van der Waals surface area contributed by atoms with E-state index in [1.54, 1.807) is 5.84 Å². The molecule has 0 bridgehead atoms. The number of rotatable bonds is 8. The summed E-state index contributed by atoms with van der Waals surface area (Å²) in [5, 5.41) is 36.6. The van der Waals surface area contributed by atoms with Gasteiger partial charge in [0.05, 0.1) is 38.3 Å². The largest absolute Gasteiger partial charge is 0.507 e. The smallest absolute Gasteiger partial charge is 0.503 e. The summed E-state index contributed by atoms with van der Waals surface area (Å²) < 4.78 is 2.63. The van der Waals surface area contributed by atoms with E-state index in [1.807, 2.05) is 12.4 Å². The van der Waals surface area contributed by atoms with Crippen LogP contribution in [0.5, 0.6) is 11.5 Å². The van der Waals surface area contributed by atoms with Gasteiger partial charge in [-0.15, -0.1) is 0 Å². The van der Waals surface area contributed by atoms with Crippen molar-refractivity contribution < 1.29 is 46.6 Å². The number of carboxylic acid groups (broad SMARTS) is 2. The Bertz CT molecular complexity index is 1600. The molecule has 2 aliphatic heterocycles. The number of phenols is 2. The third-order valence-electron chi connectivity index (χ3n) is 10.5. The summed E-state index contributed by atoms with van der Waals surface area (Å²) >= 11 is 0. The molecule has 1 radical (unpaired) electrons. The standard InChI is InChI=1S/C41H60N4O2.CH2O3.Co/c1-29-23-30(15-13-20-45-22-14-21-44-19-12-8-9-18-37(44)45)38(46)31(24-29)27-42-35-16-10-11-17-36(35)43-28-32-25-33(40(2,3)4)26-34(39(32)47)41(5,6)7;2-1(3)4;/h23-28,35-36H,8-22H2,1-7H3,(H-,42,43,46,47);(H2,2,3,4);/p+1. The molecular weight excluding hydrogens is 699 g/mol. The summed E-state index contributed by atoms with van der Waals surface area (Å²) in [4.78, 5) is 21.3. The van der Waals surface area contributed by atoms with Gasteiger partial charge in [0, 0.05) is 58.7 Å². The van der Waals surface area contributed by atoms with Crippen LogP contribution in [0.1, 0.15) is 139 Å². The fraction of sp³-hybridized carbons (Fsp3) is 0.619. The molecule has 2 aromatic carbocycles. The molecule has 2 atom stereocenters. The predicted octanol–water partition coefficient (Wildman–Crippen LogP) is 8.69. The molecular formula is C42H63CoN4O5+. The van der Waals surface area contributed by atoms with Gasteiger partial charge in [0.1, 0.15) is 11.5 Å². The molecule has 289 valence electrons. The number of phenolic OH excluding ortho intramolecular Hbond substituents is 2. The first-order chi connectivity index (χ1) is 24.0. The van der Waals surface area contributed by atoms with Gasteiger partial charge in [-0.1, -0.05) is 66.5 Å². The zero-order valence-corrected chi connectivity index (χ0v) is 33.6. The molecule has 1 fully saturated rings. The molecule has 4 N–H and O–H groups in total. The first-order valence-electron chi connectivity index (χ1n) is 19.1. The maximum Gasteiger partial charge on any atom is 0.503 e. The maximum atomic E-state index is 11.4. The second-order valence-electron chi connectivity index (χ2n) is 16.7.